The predicted molar refractivity (Wildman–Crippen MR) is 103 cm³/mol. The van der Waals surface area contributed by atoms with E-state index in [0.717, 1.165) is 43.1 Å². The first-order valence-electron chi connectivity index (χ1n) is 8.46. The third-order valence-corrected chi connectivity index (χ3v) is 4.52. The van der Waals surface area contributed by atoms with Crippen LogP contribution in [-0.2, 0) is 11.3 Å². The number of nitrogens with zero attached hydrogens (tertiary/aromatic N) is 2. The molecule has 2 aromatic rings. The van der Waals surface area contributed by atoms with Gasteiger partial charge in [0, 0.05) is 25.0 Å². The highest BCUT2D eigenvalue weighted by Crippen LogP contribution is 2.18. The maximum absolute atomic E-state index is 5.79. The average Bonchev–Trinajstić information content (AvgIpc) is 3.16. The summed E-state index contributed by atoms with van der Waals surface area (Å²) in [5.41, 5.74) is 1.92. The van der Waals surface area contributed by atoms with Crippen LogP contribution in [0.1, 0.15) is 18.5 Å². The Balaban J connectivity index is 1.68. The van der Waals surface area contributed by atoms with Crippen LogP contribution < -0.4 is 10.1 Å². The van der Waals surface area contributed by atoms with Gasteiger partial charge in [-0.2, -0.15) is 0 Å². The van der Waals surface area contributed by atoms with Crippen molar-refractivity contribution in [2.45, 2.75) is 25.5 Å². The van der Waals surface area contributed by atoms with Crippen LogP contribution in [0.5, 0.6) is 5.75 Å². The van der Waals surface area contributed by atoms with E-state index in [1.54, 1.807) is 13.3 Å². The van der Waals surface area contributed by atoms with E-state index in [9.17, 15) is 0 Å². The van der Waals surface area contributed by atoms with E-state index < -0.39 is 0 Å². The number of hydrogen-bond acceptors (Lipinski definition) is 4. The van der Waals surface area contributed by atoms with Gasteiger partial charge in [-0.15, -0.1) is 0 Å². The number of anilines is 1. The van der Waals surface area contributed by atoms with Gasteiger partial charge in [0.15, 0.2) is 5.11 Å². The summed E-state index contributed by atoms with van der Waals surface area (Å²) < 4.78 is 11.0. The van der Waals surface area contributed by atoms with Crippen LogP contribution in [0.2, 0.25) is 0 Å². The molecule has 132 valence electrons. The lowest BCUT2D eigenvalue weighted by molar-refractivity contribution is 0.0903. The average molecular weight is 357 g/mol. The number of pyridine rings is 1. The number of aromatic nitrogens is 1. The lowest BCUT2D eigenvalue weighted by Crippen LogP contribution is -2.39. The molecule has 0 spiro atoms. The summed E-state index contributed by atoms with van der Waals surface area (Å²) in [5.74, 6) is 0.821. The molecule has 5 nitrogen and oxygen atoms in total. The van der Waals surface area contributed by atoms with Gasteiger partial charge in [0.2, 0.25) is 0 Å². The Labute approximate surface area is 154 Å². The molecule has 3 rings (SSSR count). The molecule has 0 radical (unpaired) electrons. The Bertz CT molecular complexity index is 673. The van der Waals surface area contributed by atoms with E-state index in [2.05, 4.69) is 15.2 Å². The summed E-state index contributed by atoms with van der Waals surface area (Å²) in [5, 5.41) is 3.98. The minimum Gasteiger partial charge on any atom is -0.497 e. The fraction of sp³-hybridized carbons (Fsp3) is 0.368. The van der Waals surface area contributed by atoms with Crippen LogP contribution >= 0.6 is 12.2 Å². The van der Waals surface area contributed by atoms with E-state index in [4.69, 9.17) is 21.7 Å². The quantitative estimate of drug-likeness (QED) is 0.799. The second-order valence-corrected chi connectivity index (χ2v) is 6.38. The largest absolute Gasteiger partial charge is 0.497 e. The van der Waals surface area contributed by atoms with E-state index in [1.807, 2.05) is 42.5 Å². The molecule has 1 saturated heterocycles. The third-order valence-electron chi connectivity index (χ3n) is 4.16. The van der Waals surface area contributed by atoms with E-state index in [0.29, 0.717) is 11.7 Å². The topological polar surface area (TPSA) is 46.6 Å². The normalized spacial score (nSPS) is 16.4. The van der Waals surface area contributed by atoms with Gasteiger partial charge in [0.05, 0.1) is 25.5 Å². The van der Waals surface area contributed by atoms with Crippen molar-refractivity contribution in [3.05, 3.63) is 54.4 Å². The fourth-order valence-electron chi connectivity index (χ4n) is 2.82. The first kappa shape index (κ1) is 17.6. The zero-order chi connectivity index (χ0) is 17.5. The summed E-state index contributed by atoms with van der Waals surface area (Å²) in [6.45, 7) is 2.25. The number of rotatable bonds is 6. The van der Waals surface area contributed by atoms with Gasteiger partial charge in [-0.1, -0.05) is 6.07 Å². The maximum atomic E-state index is 5.79. The number of benzene rings is 1. The minimum atomic E-state index is 0.222. The lowest BCUT2D eigenvalue weighted by atomic mass is 10.2. The van der Waals surface area contributed by atoms with Gasteiger partial charge in [-0.3, -0.25) is 4.98 Å². The second kappa shape index (κ2) is 8.78. The third kappa shape index (κ3) is 5.14. The summed E-state index contributed by atoms with van der Waals surface area (Å²) in [4.78, 5) is 6.54. The molecule has 0 amide bonds. The van der Waals surface area contributed by atoms with Crippen LogP contribution in [0.3, 0.4) is 0 Å². The summed E-state index contributed by atoms with van der Waals surface area (Å²) in [6, 6.07) is 13.7. The molecular formula is C19H23N3O2S. The predicted octanol–water partition coefficient (Wildman–Crippen LogP) is 3.47. The van der Waals surface area contributed by atoms with Gasteiger partial charge in [0.25, 0.3) is 0 Å². The molecule has 1 atom stereocenters. The van der Waals surface area contributed by atoms with Gasteiger partial charge >= 0.3 is 0 Å². The van der Waals surface area contributed by atoms with E-state index in [-0.39, 0.29) is 6.10 Å². The second-order valence-electron chi connectivity index (χ2n) is 6.00. The maximum Gasteiger partial charge on any atom is 0.173 e. The monoisotopic (exact) mass is 357 g/mol. The zero-order valence-corrected chi connectivity index (χ0v) is 15.2. The highest BCUT2D eigenvalue weighted by Gasteiger charge is 2.21. The molecule has 0 aliphatic carbocycles. The van der Waals surface area contributed by atoms with Crippen molar-refractivity contribution in [1.82, 2.24) is 9.88 Å². The highest BCUT2D eigenvalue weighted by atomic mass is 32.1. The Kier molecular flexibility index (Phi) is 6.19. The lowest BCUT2D eigenvalue weighted by Gasteiger charge is -2.28. The highest BCUT2D eigenvalue weighted by molar-refractivity contribution is 7.80. The zero-order valence-electron chi connectivity index (χ0n) is 14.4. The van der Waals surface area contributed by atoms with Crippen molar-refractivity contribution >= 4 is 23.0 Å². The number of methoxy groups -OCH3 is 1. The number of nitrogens with one attached hydrogen (secondary N) is 1. The first-order chi connectivity index (χ1) is 12.2. The van der Waals surface area contributed by atoms with Gasteiger partial charge < -0.3 is 19.7 Å². The molecule has 1 aromatic heterocycles. The number of ether oxygens (including phenoxy) is 2. The Morgan fingerprint density at radius 1 is 1.32 bits per heavy atom. The molecule has 1 aliphatic heterocycles. The smallest absolute Gasteiger partial charge is 0.173 e. The van der Waals surface area contributed by atoms with Gasteiger partial charge in [-0.25, -0.2) is 0 Å². The van der Waals surface area contributed by atoms with E-state index in [1.165, 1.54) is 0 Å². The summed E-state index contributed by atoms with van der Waals surface area (Å²) >= 11 is 5.65. The molecule has 0 saturated carbocycles. The molecule has 0 bridgehead atoms. The van der Waals surface area contributed by atoms with Crippen LogP contribution in [0, 0.1) is 0 Å². The molecule has 1 aromatic carbocycles. The van der Waals surface area contributed by atoms with Crippen molar-refractivity contribution < 1.29 is 9.47 Å². The van der Waals surface area contributed by atoms with Crippen molar-refractivity contribution in [2.75, 3.05) is 25.6 Å². The van der Waals surface area contributed by atoms with Crippen molar-refractivity contribution in [2.24, 2.45) is 0 Å². The molecule has 1 unspecified atom stereocenters. The molecule has 6 heteroatoms. The minimum absolute atomic E-state index is 0.222. The van der Waals surface area contributed by atoms with Gasteiger partial charge in [0.1, 0.15) is 5.75 Å². The van der Waals surface area contributed by atoms with E-state index >= 15 is 0 Å². The Hall–Kier alpha value is -2.18. The van der Waals surface area contributed by atoms with Crippen LogP contribution in [0.15, 0.2) is 48.7 Å². The molecule has 25 heavy (non-hydrogen) atoms. The van der Waals surface area contributed by atoms with Crippen LogP contribution in [0.25, 0.3) is 0 Å². The Morgan fingerprint density at radius 2 is 2.16 bits per heavy atom. The standard InChI is InChI=1S/C19H23N3O2S/c1-23-17-9-7-15(8-10-17)21-19(25)22(14-18-6-4-12-24-18)13-16-5-2-3-11-20-16/h2-3,5,7-11,18H,4,6,12-14H2,1H3,(H,21,25). The number of thiocarbonyl (C=S) groups is 1. The SMILES string of the molecule is COc1ccc(NC(=S)N(Cc2ccccn2)CC2CCCO2)cc1. The van der Waals surface area contributed by atoms with Gasteiger partial charge in [-0.05, 0) is 61.5 Å². The molecular weight excluding hydrogens is 334 g/mol. The van der Waals surface area contributed by atoms with Crippen LogP contribution in [0.4, 0.5) is 5.69 Å². The van der Waals surface area contributed by atoms with Crippen molar-refractivity contribution in [3.8, 4) is 5.75 Å². The molecule has 1 fully saturated rings. The first-order valence-corrected chi connectivity index (χ1v) is 8.87. The Morgan fingerprint density at radius 3 is 2.80 bits per heavy atom. The molecule has 1 aliphatic rings. The molecule has 2 heterocycles. The molecule has 1 N–H and O–H groups in total. The van der Waals surface area contributed by atoms with Crippen molar-refractivity contribution in [3.63, 3.8) is 0 Å². The van der Waals surface area contributed by atoms with Crippen LogP contribution in [-0.4, -0.2) is 41.4 Å². The number of hydrogen-bond donors (Lipinski definition) is 1. The summed E-state index contributed by atoms with van der Waals surface area (Å²) in [7, 11) is 1.66. The fourth-order valence-corrected chi connectivity index (χ4v) is 3.07. The van der Waals surface area contributed by atoms with Crippen molar-refractivity contribution in [1.29, 1.82) is 0 Å². The summed E-state index contributed by atoms with van der Waals surface area (Å²) in [6.07, 6.45) is 4.21.